The molecule has 5 heteroatoms. The molecule has 2 rings (SSSR count). The van der Waals surface area contributed by atoms with Crippen molar-refractivity contribution in [1.82, 2.24) is 9.97 Å². The summed E-state index contributed by atoms with van der Waals surface area (Å²) in [6.07, 6.45) is 0. The largest absolute Gasteiger partial charge is 0.297 e. The van der Waals surface area contributed by atoms with E-state index >= 15 is 0 Å². The van der Waals surface area contributed by atoms with Crippen molar-refractivity contribution >= 4 is 34.1 Å². The van der Waals surface area contributed by atoms with E-state index in [9.17, 15) is 4.79 Å². The van der Waals surface area contributed by atoms with Crippen molar-refractivity contribution in [2.24, 2.45) is 0 Å². The van der Waals surface area contributed by atoms with Gasteiger partial charge in [0.1, 0.15) is 0 Å². The monoisotopic (exact) mass is 214 g/mol. The summed E-state index contributed by atoms with van der Waals surface area (Å²) in [5.41, 5.74) is 0.260. The highest BCUT2D eigenvalue weighted by atomic mass is 35.5. The minimum absolute atomic E-state index is 0.0832. The van der Waals surface area contributed by atoms with E-state index in [4.69, 9.17) is 23.2 Å². The number of fused-ring (bicyclic) bond motifs is 1. The van der Waals surface area contributed by atoms with Gasteiger partial charge >= 0.3 is 0 Å². The van der Waals surface area contributed by atoms with E-state index in [0.717, 1.165) is 0 Å². The maximum Gasteiger partial charge on any atom is 0.259 e. The van der Waals surface area contributed by atoms with E-state index in [1.54, 1.807) is 18.2 Å². The third kappa shape index (κ3) is 1.53. The molecule has 0 unspecified atom stereocenters. The van der Waals surface area contributed by atoms with Gasteiger partial charge in [-0.2, -0.15) is 0 Å². The Hall–Kier alpha value is -1.06. The summed E-state index contributed by atoms with van der Waals surface area (Å²) in [5.74, 6) is 0. The van der Waals surface area contributed by atoms with Gasteiger partial charge in [0.15, 0.2) is 0 Å². The van der Waals surface area contributed by atoms with Crippen LogP contribution < -0.4 is 5.56 Å². The fraction of sp³-hybridized carbons (Fsp3) is 0. The summed E-state index contributed by atoms with van der Waals surface area (Å²) in [6.45, 7) is 0. The summed E-state index contributed by atoms with van der Waals surface area (Å²) < 4.78 is 0. The number of halogens is 2. The Kier molecular flexibility index (Phi) is 1.98. The second-order valence-electron chi connectivity index (χ2n) is 2.52. The maximum atomic E-state index is 11.3. The van der Waals surface area contributed by atoms with Crippen LogP contribution in [0.4, 0.5) is 0 Å². The molecule has 0 atom stereocenters. The zero-order chi connectivity index (χ0) is 9.42. The number of nitrogens with one attached hydrogen (secondary N) is 1. The van der Waals surface area contributed by atoms with Gasteiger partial charge in [0, 0.05) is 5.02 Å². The molecule has 0 fully saturated rings. The molecule has 0 bridgehead atoms. The van der Waals surface area contributed by atoms with Gasteiger partial charge in [-0.05, 0) is 29.8 Å². The molecule has 1 heterocycles. The summed E-state index contributed by atoms with van der Waals surface area (Å²) in [5, 5.41) is 1.03. The van der Waals surface area contributed by atoms with Gasteiger partial charge in [-0.15, -0.1) is 0 Å². The van der Waals surface area contributed by atoms with Crippen LogP contribution in [0.1, 0.15) is 0 Å². The van der Waals surface area contributed by atoms with Crippen LogP contribution in [0.3, 0.4) is 0 Å². The lowest BCUT2D eigenvalue weighted by molar-refractivity contribution is 1.17. The quantitative estimate of drug-likeness (QED) is 0.685. The van der Waals surface area contributed by atoms with Gasteiger partial charge < -0.3 is 0 Å². The Labute approximate surface area is 83.3 Å². The van der Waals surface area contributed by atoms with Crippen molar-refractivity contribution in [3.63, 3.8) is 0 Å². The topological polar surface area (TPSA) is 45.8 Å². The van der Waals surface area contributed by atoms with E-state index in [1.165, 1.54) is 0 Å². The molecule has 0 saturated heterocycles. The van der Waals surface area contributed by atoms with Crippen LogP contribution in [0.25, 0.3) is 10.9 Å². The van der Waals surface area contributed by atoms with E-state index in [-0.39, 0.29) is 10.8 Å². The van der Waals surface area contributed by atoms with Crippen LogP contribution in [0.5, 0.6) is 0 Å². The zero-order valence-electron chi connectivity index (χ0n) is 6.34. The van der Waals surface area contributed by atoms with E-state index in [1.807, 2.05) is 0 Å². The lowest BCUT2D eigenvalue weighted by atomic mass is 10.2. The molecule has 1 N–H and O–H groups in total. The van der Waals surface area contributed by atoms with E-state index < -0.39 is 0 Å². The Morgan fingerprint density at radius 1 is 1.31 bits per heavy atom. The smallest absolute Gasteiger partial charge is 0.259 e. The van der Waals surface area contributed by atoms with Crippen molar-refractivity contribution in [2.75, 3.05) is 0 Å². The van der Waals surface area contributed by atoms with Crippen LogP contribution in [-0.2, 0) is 0 Å². The van der Waals surface area contributed by atoms with Gasteiger partial charge in [0.25, 0.3) is 5.56 Å². The number of aromatic nitrogens is 2. The molecular weight excluding hydrogens is 211 g/mol. The molecule has 0 saturated carbocycles. The summed E-state index contributed by atoms with van der Waals surface area (Å²) in [6, 6.07) is 4.87. The number of aromatic amines is 1. The standard InChI is InChI=1S/C8H4Cl2N2O/c9-4-1-2-6-5(3-4)7(13)12-8(10)11-6/h1-3H,(H,11,12,13). The van der Waals surface area contributed by atoms with Crippen molar-refractivity contribution in [1.29, 1.82) is 0 Å². The summed E-state index contributed by atoms with van der Waals surface area (Å²) in [4.78, 5) is 17.6. The Balaban J connectivity index is 2.95. The van der Waals surface area contributed by atoms with E-state index in [0.29, 0.717) is 15.9 Å². The fourth-order valence-corrected chi connectivity index (χ4v) is 1.43. The number of rotatable bonds is 0. The molecular formula is C8H4Cl2N2O. The molecule has 0 aliphatic carbocycles. The average molecular weight is 215 g/mol. The number of nitrogens with zero attached hydrogens (tertiary/aromatic N) is 1. The van der Waals surface area contributed by atoms with Crippen LogP contribution >= 0.6 is 23.2 Å². The first-order valence-electron chi connectivity index (χ1n) is 3.52. The van der Waals surface area contributed by atoms with Crippen LogP contribution in [0.2, 0.25) is 10.3 Å². The maximum absolute atomic E-state index is 11.3. The van der Waals surface area contributed by atoms with Gasteiger partial charge in [0.2, 0.25) is 5.28 Å². The molecule has 0 radical (unpaired) electrons. The first kappa shape index (κ1) is 8.53. The third-order valence-corrected chi connectivity index (χ3v) is 2.05. The first-order chi connectivity index (χ1) is 6.16. The van der Waals surface area contributed by atoms with Crippen LogP contribution in [0, 0.1) is 0 Å². The highest BCUT2D eigenvalue weighted by molar-refractivity contribution is 6.31. The fourth-order valence-electron chi connectivity index (χ4n) is 1.08. The number of hydrogen-bond donors (Lipinski definition) is 1. The molecule has 13 heavy (non-hydrogen) atoms. The van der Waals surface area contributed by atoms with Crippen LogP contribution in [-0.4, -0.2) is 9.97 Å². The van der Waals surface area contributed by atoms with Crippen molar-refractivity contribution in [3.8, 4) is 0 Å². The average Bonchev–Trinajstić information content (AvgIpc) is 2.06. The summed E-state index contributed by atoms with van der Waals surface area (Å²) in [7, 11) is 0. The van der Waals surface area contributed by atoms with Crippen molar-refractivity contribution in [2.45, 2.75) is 0 Å². The lowest BCUT2D eigenvalue weighted by Crippen LogP contribution is -2.07. The highest BCUT2D eigenvalue weighted by Crippen LogP contribution is 2.15. The minimum Gasteiger partial charge on any atom is -0.297 e. The van der Waals surface area contributed by atoms with Gasteiger partial charge in [-0.1, -0.05) is 11.6 Å². The van der Waals surface area contributed by atoms with Gasteiger partial charge in [-0.25, -0.2) is 4.98 Å². The molecule has 1 aromatic carbocycles. The molecule has 3 nitrogen and oxygen atoms in total. The predicted molar refractivity (Wildman–Crippen MR) is 52.4 cm³/mol. The number of H-pyrrole nitrogens is 1. The second kappa shape index (κ2) is 3.01. The van der Waals surface area contributed by atoms with Crippen LogP contribution in [0.15, 0.2) is 23.0 Å². The lowest BCUT2D eigenvalue weighted by Gasteiger charge is -1.96. The molecule has 2 aromatic rings. The molecule has 0 aliphatic rings. The third-order valence-electron chi connectivity index (χ3n) is 1.64. The Morgan fingerprint density at radius 2 is 2.08 bits per heavy atom. The SMILES string of the molecule is O=c1[nH]c(Cl)nc2ccc(Cl)cc12. The normalized spacial score (nSPS) is 10.6. The van der Waals surface area contributed by atoms with E-state index in [2.05, 4.69) is 9.97 Å². The number of hydrogen-bond acceptors (Lipinski definition) is 2. The van der Waals surface area contributed by atoms with Gasteiger partial charge in [0.05, 0.1) is 10.9 Å². The molecule has 0 spiro atoms. The number of benzene rings is 1. The molecule has 1 aromatic heterocycles. The van der Waals surface area contributed by atoms with Crippen molar-refractivity contribution < 1.29 is 0 Å². The highest BCUT2D eigenvalue weighted by Gasteiger charge is 2.01. The molecule has 0 aliphatic heterocycles. The van der Waals surface area contributed by atoms with Crippen molar-refractivity contribution in [3.05, 3.63) is 38.9 Å². The predicted octanol–water partition coefficient (Wildman–Crippen LogP) is 2.23. The Bertz CT molecular complexity index is 521. The van der Waals surface area contributed by atoms with Gasteiger partial charge in [-0.3, -0.25) is 9.78 Å². The first-order valence-corrected chi connectivity index (χ1v) is 4.27. The minimum atomic E-state index is -0.280. The second-order valence-corrected chi connectivity index (χ2v) is 3.31. The molecule has 0 amide bonds. The summed E-state index contributed by atoms with van der Waals surface area (Å²) >= 11 is 11.3. The Morgan fingerprint density at radius 3 is 2.85 bits per heavy atom. The zero-order valence-corrected chi connectivity index (χ0v) is 7.86. The molecule has 66 valence electrons.